The molecule has 2 aromatic heterocycles. The first-order chi connectivity index (χ1) is 9.26. The second-order valence-electron chi connectivity index (χ2n) is 4.43. The summed E-state index contributed by atoms with van der Waals surface area (Å²) in [6, 6.07) is 3.71. The lowest BCUT2D eigenvalue weighted by molar-refractivity contribution is 0.397. The molecule has 0 radical (unpaired) electrons. The van der Waals surface area contributed by atoms with E-state index in [1.165, 1.54) is 0 Å². The van der Waals surface area contributed by atoms with Gasteiger partial charge in [0.1, 0.15) is 5.82 Å². The van der Waals surface area contributed by atoms with Crippen LogP contribution in [0.3, 0.4) is 0 Å². The monoisotopic (exact) mass is 258 g/mol. The number of ether oxygens (including phenoxy) is 1. The summed E-state index contributed by atoms with van der Waals surface area (Å²) in [6.07, 6.45) is 2.28. The Balaban J connectivity index is 1.87. The van der Waals surface area contributed by atoms with Crippen LogP contribution in [0.2, 0.25) is 0 Å². The highest BCUT2D eigenvalue weighted by Gasteiger charge is 2.16. The molecule has 98 valence electrons. The molecule has 6 nitrogen and oxygen atoms in total. The second kappa shape index (κ2) is 4.81. The fourth-order valence-corrected chi connectivity index (χ4v) is 2.14. The smallest absolute Gasteiger partial charge is 0.255 e. The molecule has 3 rings (SSSR count). The SMILES string of the molecule is COc1ccc(Cc2nc3c(c(=O)[nH]2)CNC3)cn1. The lowest BCUT2D eigenvalue weighted by Crippen LogP contribution is -2.17. The van der Waals surface area contributed by atoms with Crippen LogP contribution in [0.25, 0.3) is 0 Å². The molecule has 0 unspecified atom stereocenters. The minimum absolute atomic E-state index is 0.0496. The van der Waals surface area contributed by atoms with Crippen LogP contribution < -0.4 is 15.6 Å². The standard InChI is InChI=1S/C13H14N4O2/c1-19-12-3-2-8(5-15-12)4-11-16-10-7-14-6-9(10)13(18)17-11/h2-3,5,14H,4,6-7H2,1H3,(H,16,17,18). The third-order valence-electron chi connectivity index (χ3n) is 3.12. The van der Waals surface area contributed by atoms with Gasteiger partial charge < -0.3 is 15.0 Å². The van der Waals surface area contributed by atoms with Gasteiger partial charge in [0.05, 0.1) is 18.4 Å². The number of hydrogen-bond donors (Lipinski definition) is 2. The molecule has 0 aliphatic carbocycles. The van der Waals surface area contributed by atoms with Gasteiger partial charge in [0.25, 0.3) is 5.56 Å². The van der Waals surface area contributed by atoms with Gasteiger partial charge in [0.15, 0.2) is 0 Å². The lowest BCUT2D eigenvalue weighted by Gasteiger charge is -2.04. The van der Waals surface area contributed by atoms with E-state index in [1.54, 1.807) is 19.4 Å². The van der Waals surface area contributed by atoms with Gasteiger partial charge in [0.2, 0.25) is 5.88 Å². The molecule has 0 amide bonds. The quantitative estimate of drug-likeness (QED) is 0.831. The van der Waals surface area contributed by atoms with E-state index in [1.807, 2.05) is 6.07 Å². The minimum atomic E-state index is -0.0496. The lowest BCUT2D eigenvalue weighted by atomic mass is 10.2. The molecule has 0 aromatic carbocycles. The van der Waals surface area contributed by atoms with Crippen LogP contribution in [0, 0.1) is 0 Å². The number of aromatic amines is 1. The third-order valence-corrected chi connectivity index (χ3v) is 3.12. The van der Waals surface area contributed by atoms with Crippen molar-refractivity contribution in [3.05, 3.63) is 51.3 Å². The van der Waals surface area contributed by atoms with Gasteiger partial charge in [-0.2, -0.15) is 0 Å². The van der Waals surface area contributed by atoms with Gasteiger partial charge in [0, 0.05) is 31.8 Å². The molecule has 0 spiro atoms. The molecule has 0 atom stereocenters. The van der Waals surface area contributed by atoms with Gasteiger partial charge in [-0.1, -0.05) is 6.07 Å². The Bertz CT molecular complexity index is 649. The molecular weight excluding hydrogens is 244 g/mol. The number of aromatic nitrogens is 3. The Morgan fingerprint density at radius 2 is 2.26 bits per heavy atom. The molecule has 19 heavy (non-hydrogen) atoms. The summed E-state index contributed by atoms with van der Waals surface area (Å²) < 4.78 is 5.01. The molecule has 0 bridgehead atoms. The predicted octanol–water partition coefficient (Wildman–Crippen LogP) is 0.367. The number of H-pyrrole nitrogens is 1. The molecule has 6 heteroatoms. The van der Waals surface area contributed by atoms with Crippen LogP contribution in [0.5, 0.6) is 5.88 Å². The molecule has 1 aliphatic rings. The Kier molecular flexibility index (Phi) is 3.00. The molecule has 2 aromatic rings. The maximum absolute atomic E-state index is 11.9. The van der Waals surface area contributed by atoms with E-state index in [9.17, 15) is 4.79 Å². The maximum Gasteiger partial charge on any atom is 0.255 e. The highest BCUT2D eigenvalue weighted by Crippen LogP contribution is 2.12. The van der Waals surface area contributed by atoms with E-state index >= 15 is 0 Å². The largest absolute Gasteiger partial charge is 0.481 e. The topological polar surface area (TPSA) is 79.9 Å². The van der Waals surface area contributed by atoms with Gasteiger partial charge in [-0.25, -0.2) is 9.97 Å². The molecule has 0 saturated heterocycles. The normalized spacial score (nSPS) is 13.3. The summed E-state index contributed by atoms with van der Waals surface area (Å²) in [6.45, 7) is 1.26. The van der Waals surface area contributed by atoms with Crippen molar-refractivity contribution in [2.45, 2.75) is 19.5 Å². The van der Waals surface area contributed by atoms with Gasteiger partial charge >= 0.3 is 0 Å². The van der Waals surface area contributed by atoms with E-state index < -0.39 is 0 Å². The fourth-order valence-electron chi connectivity index (χ4n) is 2.14. The Morgan fingerprint density at radius 3 is 3.00 bits per heavy atom. The van der Waals surface area contributed by atoms with Crippen LogP contribution in [0.4, 0.5) is 0 Å². The van der Waals surface area contributed by atoms with Crippen LogP contribution in [-0.2, 0) is 19.5 Å². The summed E-state index contributed by atoms with van der Waals surface area (Å²) in [7, 11) is 1.58. The molecule has 0 fully saturated rings. The Morgan fingerprint density at radius 1 is 1.37 bits per heavy atom. The highest BCUT2D eigenvalue weighted by atomic mass is 16.5. The summed E-state index contributed by atoms with van der Waals surface area (Å²) in [4.78, 5) is 23.3. The number of nitrogens with zero attached hydrogens (tertiary/aromatic N) is 2. The van der Waals surface area contributed by atoms with Crippen molar-refractivity contribution >= 4 is 0 Å². The summed E-state index contributed by atoms with van der Waals surface area (Å²) >= 11 is 0. The van der Waals surface area contributed by atoms with Crippen molar-refractivity contribution in [1.82, 2.24) is 20.3 Å². The van der Waals surface area contributed by atoms with Crippen molar-refractivity contribution in [1.29, 1.82) is 0 Å². The number of methoxy groups -OCH3 is 1. The average molecular weight is 258 g/mol. The highest BCUT2D eigenvalue weighted by molar-refractivity contribution is 5.25. The van der Waals surface area contributed by atoms with E-state index in [0.29, 0.717) is 31.2 Å². The second-order valence-corrected chi connectivity index (χ2v) is 4.43. The van der Waals surface area contributed by atoms with E-state index in [0.717, 1.165) is 16.8 Å². The third kappa shape index (κ3) is 2.34. The zero-order chi connectivity index (χ0) is 13.2. The Hall–Kier alpha value is -2.21. The molecule has 2 N–H and O–H groups in total. The number of hydrogen-bond acceptors (Lipinski definition) is 5. The summed E-state index contributed by atoms with van der Waals surface area (Å²) in [5.41, 5.74) is 2.53. The van der Waals surface area contributed by atoms with Crippen LogP contribution >= 0.6 is 0 Å². The first-order valence-corrected chi connectivity index (χ1v) is 6.07. The maximum atomic E-state index is 11.9. The van der Waals surface area contributed by atoms with Crippen molar-refractivity contribution < 1.29 is 4.74 Å². The molecule has 0 saturated carbocycles. The van der Waals surface area contributed by atoms with E-state index in [4.69, 9.17) is 4.74 Å². The zero-order valence-corrected chi connectivity index (χ0v) is 10.6. The molecular formula is C13H14N4O2. The average Bonchev–Trinajstić information content (AvgIpc) is 2.88. The van der Waals surface area contributed by atoms with Crippen molar-refractivity contribution in [2.24, 2.45) is 0 Å². The number of rotatable bonds is 3. The molecule has 3 heterocycles. The minimum Gasteiger partial charge on any atom is -0.481 e. The number of nitrogens with one attached hydrogen (secondary N) is 2. The van der Waals surface area contributed by atoms with Gasteiger partial charge in [-0.15, -0.1) is 0 Å². The first-order valence-electron chi connectivity index (χ1n) is 6.07. The van der Waals surface area contributed by atoms with Crippen molar-refractivity contribution in [2.75, 3.05) is 7.11 Å². The van der Waals surface area contributed by atoms with Crippen molar-refractivity contribution in [3.63, 3.8) is 0 Å². The van der Waals surface area contributed by atoms with Gasteiger partial charge in [-0.3, -0.25) is 4.79 Å². The fraction of sp³-hybridized carbons (Fsp3) is 0.308. The van der Waals surface area contributed by atoms with E-state index in [-0.39, 0.29) is 5.56 Å². The summed E-state index contributed by atoms with van der Waals surface area (Å²) in [5.74, 6) is 1.24. The number of pyridine rings is 1. The van der Waals surface area contributed by atoms with Crippen LogP contribution in [0.15, 0.2) is 23.1 Å². The molecule has 1 aliphatic heterocycles. The Labute approximate surface area is 109 Å². The van der Waals surface area contributed by atoms with E-state index in [2.05, 4.69) is 20.3 Å². The van der Waals surface area contributed by atoms with Crippen LogP contribution in [-0.4, -0.2) is 22.1 Å². The van der Waals surface area contributed by atoms with Gasteiger partial charge in [-0.05, 0) is 5.56 Å². The summed E-state index contributed by atoms with van der Waals surface area (Å²) in [5, 5.41) is 3.12. The van der Waals surface area contributed by atoms with Crippen LogP contribution in [0.1, 0.15) is 22.6 Å². The zero-order valence-electron chi connectivity index (χ0n) is 10.6. The predicted molar refractivity (Wildman–Crippen MR) is 69.0 cm³/mol. The number of fused-ring (bicyclic) bond motifs is 1. The van der Waals surface area contributed by atoms with Crippen molar-refractivity contribution in [3.8, 4) is 5.88 Å². The first kappa shape index (κ1) is 11.9.